The highest BCUT2D eigenvalue weighted by atomic mass is 79.9. The minimum atomic E-state index is -0.418. The number of hydrogen-bond acceptors (Lipinski definition) is 3. The molecule has 0 saturated heterocycles. The molecule has 0 bridgehead atoms. The van der Waals surface area contributed by atoms with Gasteiger partial charge in [0.05, 0.1) is 17.9 Å². The lowest BCUT2D eigenvalue weighted by Gasteiger charge is -2.08. The topological polar surface area (TPSA) is 52.3 Å². The number of hydrogen-bond donors (Lipinski definition) is 1. The van der Waals surface area contributed by atoms with E-state index in [1.807, 2.05) is 0 Å². The van der Waals surface area contributed by atoms with Crippen LogP contribution in [-0.4, -0.2) is 12.6 Å². The molecule has 1 aromatic carbocycles. The molecule has 14 heavy (non-hydrogen) atoms. The summed E-state index contributed by atoms with van der Waals surface area (Å²) in [5, 5.41) is 0. The minimum absolute atomic E-state index is 0.331. The third-order valence-corrected chi connectivity index (χ3v) is 2.97. The number of benzene rings is 1. The Morgan fingerprint density at radius 2 is 2.00 bits per heavy atom. The highest BCUT2D eigenvalue weighted by molar-refractivity contribution is 9.11. The van der Waals surface area contributed by atoms with E-state index >= 15 is 0 Å². The van der Waals surface area contributed by atoms with E-state index in [1.165, 1.54) is 0 Å². The fourth-order valence-corrected chi connectivity index (χ4v) is 1.82. The molecule has 76 valence electrons. The van der Waals surface area contributed by atoms with Crippen LogP contribution in [0.5, 0.6) is 0 Å². The maximum atomic E-state index is 11.5. The van der Waals surface area contributed by atoms with Gasteiger partial charge in [-0.3, -0.25) is 0 Å². The monoisotopic (exact) mass is 321 g/mol. The van der Waals surface area contributed by atoms with Crippen molar-refractivity contribution >= 4 is 43.5 Å². The van der Waals surface area contributed by atoms with Gasteiger partial charge in [-0.2, -0.15) is 0 Å². The summed E-state index contributed by atoms with van der Waals surface area (Å²) in [5.41, 5.74) is 6.49. The van der Waals surface area contributed by atoms with Crippen LogP contribution in [0.4, 0.5) is 5.69 Å². The zero-order chi connectivity index (χ0) is 10.7. The Morgan fingerprint density at radius 3 is 2.57 bits per heavy atom. The predicted octanol–water partition coefficient (Wildman–Crippen LogP) is 2.97. The normalized spacial score (nSPS) is 9.93. The lowest BCUT2D eigenvalue weighted by atomic mass is 10.2. The fraction of sp³-hybridized carbons (Fsp3) is 0.222. The van der Waals surface area contributed by atoms with Gasteiger partial charge in [0.1, 0.15) is 0 Å². The van der Waals surface area contributed by atoms with Crippen LogP contribution in [0, 0.1) is 0 Å². The molecule has 0 aliphatic carbocycles. The third kappa shape index (κ3) is 2.27. The Labute approximate surface area is 98.9 Å². The van der Waals surface area contributed by atoms with E-state index in [2.05, 4.69) is 31.9 Å². The van der Waals surface area contributed by atoms with Crippen LogP contribution in [0.1, 0.15) is 17.3 Å². The third-order valence-electron chi connectivity index (χ3n) is 1.62. The number of nitrogens with two attached hydrogens (primary N) is 1. The lowest BCUT2D eigenvalue weighted by molar-refractivity contribution is 0.0526. The van der Waals surface area contributed by atoms with Crippen molar-refractivity contribution in [1.82, 2.24) is 0 Å². The molecule has 2 N–H and O–H groups in total. The maximum absolute atomic E-state index is 11.5. The first-order valence-electron chi connectivity index (χ1n) is 3.98. The van der Waals surface area contributed by atoms with E-state index in [-0.39, 0.29) is 0 Å². The average molecular weight is 323 g/mol. The molecule has 1 aromatic rings. The van der Waals surface area contributed by atoms with Gasteiger partial charge in [0.15, 0.2) is 0 Å². The first-order valence-corrected chi connectivity index (χ1v) is 5.57. The number of halogens is 2. The molecule has 0 spiro atoms. The molecule has 0 aliphatic heterocycles. The largest absolute Gasteiger partial charge is 0.462 e. The molecule has 5 heteroatoms. The Hall–Kier alpha value is -0.550. The van der Waals surface area contributed by atoms with Crippen LogP contribution in [0.25, 0.3) is 0 Å². The van der Waals surface area contributed by atoms with E-state index in [9.17, 15) is 4.79 Å². The Morgan fingerprint density at radius 1 is 1.43 bits per heavy atom. The molecule has 0 saturated carbocycles. The Kier molecular flexibility index (Phi) is 3.95. The highest BCUT2D eigenvalue weighted by Gasteiger charge is 2.16. The number of nitrogen functional groups attached to an aromatic ring is 1. The predicted molar refractivity (Wildman–Crippen MR) is 62.2 cm³/mol. The minimum Gasteiger partial charge on any atom is -0.462 e. The molecule has 0 unspecified atom stereocenters. The number of rotatable bonds is 2. The standard InChI is InChI=1S/C9H9Br2NO2/c1-2-14-9(13)7-5(10)3-4-6(11)8(7)12/h3-4H,2,12H2,1H3. The summed E-state index contributed by atoms with van der Waals surface area (Å²) in [7, 11) is 0. The van der Waals surface area contributed by atoms with E-state index < -0.39 is 5.97 Å². The molecule has 0 aromatic heterocycles. The number of carbonyl (C=O) groups excluding carboxylic acids is 1. The van der Waals surface area contributed by atoms with Crippen LogP contribution in [0.2, 0.25) is 0 Å². The molecular weight excluding hydrogens is 314 g/mol. The second-order valence-corrected chi connectivity index (χ2v) is 4.25. The van der Waals surface area contributed by atoms with Crippen LogP contribution >= 0.6 is 31.9 Å². The van der Waals surface area contributed by atoms with Gasteiger partial charge in [0, 0.05) is 8.95 Å². The quantitative estimate of drug-likeness (QED) is 0.672. The molecule has 0 aliphatic rings. The molecular formula is C9H9Br2NO2. The van der Waals surface area contributed by atoms with Gasteiger partial charge in [-0.15, -0.1) is 0 Å². The van der Waals surface area contributed by atoms with Gasteiger partial charge in [-0.1, -0.05) is 0 Å². The van der Waals surface area contributed by atoms with Crippen molar-refractivity contribution in [1.29, 1.82) is 0 Å². The summed E-state index contributed by atoms with van der Waals surface area (Å²) in [4.78, 5) is 11.5. The van der Waals surface area contributed by atoms with Gasteiger partial charge >= 0.3 is 5.97 Å². The molecule has 3 nitrogen and oxygen atoms in total. The van der Waals surface area contributed by atoms with Crippen molar-refractivity contribution < 1.29 is 9.53 Å². The SMILES string of the molecule is CCOC(=O)c1c(Br)ccc(Br)c1N. The van der Waals surface area contributed by atoms with Crippen LogP contribution in [0.3, 0.4) is 0 Å². The van der Waals surface area contributed by atoms with Gasteiger partial charge in [0.2, 0.25) is 0 Å². The van der Waals surface area contributed by atoms with Crippen LogP contribution < -0.4 is 5.73 Å². The van der Waals surface area contributed by atoms with Crippen molar-refractivity contribution in [2.75, 3.05) is 12.3 Å². The molecule has 0 atom stereocenters. The zero-order valence-electron chi connectivity index (χ0n) is 7.51. The summed E-state index contributed by atoms with van der Waals surface area (Å²) < 4.78 is 6.19. The number of esters is 1. The summed E-state index contributed by atoms with van der Waals surface area (Å²) in [6.07, 6.45) is 0. The summed E-state index contributed by atoms with van der Waals surface area (Å²) in [5.74, 6) is -0.418. The molecule has 1 rings (SSSR count). The Bertz CT molecular complexity index is 366. The smallest absolute Gasteiger partial charge is 0.341 e. The molecule has 0 heterocycles. The van der Waals surface area contributed by atoms with Crippen molar-refractivity contribution in [2.45, 2.75) is 6.92 Å². The first-order chi connectivity index (χ1) is 6.57. The number of ether oxygens (including phenoxy) is 1. The van der Waals surface area contributed by atoms with Crippen molar-refractivity contribution in [2.24, 2.45) is 0 Å². The zero-order valence-corrected chi connectivity index (χ0v) is 10.7. The summed E-state index contributed by atoms with van der Waals surface area (Å²) >= 11 is 6.50. The lowest BCUT2D eigenvalue weighted by Crippen LogP contribution is -2.09. The molecule has 0 amide bonds. The van der Waals surface area contributed by atoms with E-state index in [0.29, 0.717) is 26.8 Å². The second kappa shape index (κ2) is 4.79. The number of anilines is 1. The van der Waals surface area contributed by atoms with Gasteiger partial charge in [-0.05, 0) is 50.9 Å². The van der Waals surface area contributed by atoms with Gasteiger partial charge < -0.3 is 10.5 Å². The van der Waals surface area contributed by atoms with Crippen molar-refractivity contribution in [3.05, 3.63) is 26.6 Å². The average Bonchev–Trinajstić information content (AvgIpc) is 2.13. The first kappa shape index (κ1) is 11.5. The van der Waals surface area contributed by atoms with Crippen LogP contribution in [0.15, 0.2) is 21.1 Å². The Balaban J connectivity index is 3.18. The van der Waals surface area contributed by atoms with Crippen LogP contribution in [-0.2, 0) is 4.74 Å². The number of carbonyl (C=O) groups is 1. The van der Waals surface area contributed by atoms with Gasteiger partial charge in [0.25, 0.3) is 0 Å². The van der Waals surface area contributed by atoms with Crippen molar-refractivity contribution in [3.63, 3.8) is 0 Å². The molecule has 0 fully saturated rings. The van der Waals surface area contributed by atoms with Gasteiger partial charge in [-0.25, -0.2) is 4.79 Å². The summed E-state index contributed by atoms with van der Waals surface area (Å²) in [6.45, 7) is 2.08. The second-order valence-electron chi connectivity index (χ2n) is 2.54. The summed E-state index contributed by atoms with van der Waals surface area (Å²) in [6, 6.07) is 3.51. The fourth-order valence-electron chi connectivity index (χ4n) is 0.978. The highest BCUT2D eigenvalue weighted by Crippen LogP contribution is 2.30. The van der Waals surface area contributed by atoms with E-state index in [4.69, 9.17) is 10.5 Å². The van der Waals surface area contributed by atoms with E-state index in [1.54, 1.807) is 19.1 Å². The van der Waals surface area contributed by atoms with Crippen molar-refractivity contribution in [3.8, 4) is 0 Å². The maximum Gasteiger partial charge on any atom is 0.341 e. The van der Waals surface area contributed by atoms with E-state index in [0.717, 1.165) is 0 Å². The molecule has 0 radical (unpaired) electrons.